The standard InChI is InChI=1S/C16H25NO/c1-10-8-11(2)13(4)14(12(10)3)15(17)16(9-18)6-5-7-16/h8,15,18H,5-7,9,17H2,1-4H3. The van der Waals surface area contributed by atoms with E-state index in [1.165, 1.54) is 34.2 Å². The van der Waals surface area contributed by atoms with Gasteiger partial charge in [0.05, 0.1) is 6.61 Å². The van der Waals surface area contributed by atoms with Gasteiger partial charge in [-0.25, -0.2) is 0 Å². The number of aliphatic hydroxyl groups is 1. The molecule has 1 atom stereocenters. The van der Waals surface area contributed by atoms with E-state index in [9.17, 15) is 5.11 Å². The zero-order valence-corrected chi connectivity index (χ0v) is 12.0. The molecule has 100 valence electrons. The summed E-state index contributed by atoms with van der Waals surface area (Å²) in [6.07, 6.45) is 3.30. The molecule has 0 spiro atoms. The van der Waals surface area contributed by atoms with Crippen LogP contribution >= 0.6 is 0 Å². The molecule has 1 aromatic carbocycles. The van der Waals surface area contributed by atoms with Crippen LogP contribution in [-0.2, 0) is 0 Å². The Hall–Kier alpha value is -0.860. The molecule has 1 aliphatic carbocycles. The van der Waals surface area contributed by atoms with Gasteiger partial charge >= 0.3 is 0 Å². The maximum atomic E-state index is 9.71. The molecular weight excluding hydrogens is 222 g/mol. The molecule has 0 amide bonds. The van der Waals surface area contributed by atoms with Gasteiger partial charge in [0.15, 0.2) is 0 Å². The lowest BCUT2D eigenvalue weighted by Gasteiger charge is -2.46. The van der Waals surface area contributed by atoms with Gasteiger partial charge in [-0.2, -0.15) is 0 Å². The molecule has 2 nitrogen and oxygen atoms in total. The number of hydrogen-bond acceptors (Lipinski definition) is 2. The molecule has 2 rings (SSSR count). The lowest BCUT2D eigenvalue weighted by atomic mass is 9.62. The van der Waals surface area contributed by atoms with Crippen molar-refractivity contribution in [2.75, 3.05) is 6.61 Å². The molecule has 0 aromatic heterocycles. The van der Waals surface area contributed by atoms with E-state index in [1.54, 1.807) is 0 Å². The van der Waals surface area contributed by atoms with E-state index in [2.05, 4.69) is 33.8 Å². The number of aryl methyl sites for hydroxylation is 2. The molecular formula is C16H25NO. The highest BCUT2D eigenvalue weighted by molar-refractivity contribution is 5.46. The molecule has 18 heavy (non-hydrogen) atoms. The number of rotatable bonds is 3. The van der Waals surface area contributed by atoms with Crippen LogP contribution in [0, 0.1) is 33.1 Å². The first-order valence-electron chi connectivity index (χ1n) is 6.86. The van der Waals surface area contributed by atoms with Gasteiger partial charge in [-0.15, -0.1) is 0 Å². The van der Waals surface area contributed by atoms with E-state index >= 15 is 0 Å². The maximum Gasteiger partial charge on any atom is 0.0505 e. The van der Waals surface area contributed by atoms with Gasteiger partial charge in [-0.3, -0.25) is 0 Å². The van der Waals surface area contributed by atoms with Gasteiger partial charge in [0.25, 0.3) is 0 Å². The predicted molar refractivity (Wildman–Crippen MR) is 75.7 cm³/mol. The van der Waals surface area contributed by atoms with E-state index in [1.807, 2.05) is 0 Å². The van der Waals surface area contributed by atoms with E-state index < -0.39 is 0 Å². The van der Waals surface area contributed by atoms with E-state index in [4.69, 9.17) is 5.73 Å². The second kappa shape index (κ2) is 4.67. The quantitative estimate of drug-likeness (QED) is 0.862. The third kappa shape index (κ3) is 1.88. The molecule has 0 saturated heterocycles. The van der Waals surface area contributed by atoms with Crippen molar-refractivity contribution in [2.45, 2.75) is 53.0 Å². The van der Waals surface area contributed by atoms with Crippen LogP contribution in [0.1, 0.15) is 53.1 Å². The molecule has 1 fully saturated rings. The smallest absolute Gasteiger partial charge is 0.0505 e. The van der Waals surface area contributed by atoms with E-state index in [0.29, 0.717) is 0 Å². The fraction of sp³-hybridized carbons (Fsp3) is 0.625. The van der Waals surface area contributed by atoms with E-state index in [0.717, 1.165) is 12.8 Å². The number of aliphatic hydroxyl groups excluding tert-OH is 1. The third-order valence-electron chi connectivity index (χ3n) is 5.06. The first kappa shape index (κ1) is 13.6. The second-order valence-electron chi connectivity index (χ2n) is 6.03. The van der Waals surface area contributed by atoms with Crippen molar-refractivity contribution in [3.8, 4) is 0 Å². The van der Waals surface area contributed by atoms with Crippen molar-refractivity contribution in [1.29, 1.82) is 0 Å². The average molecular weight is 247 g/mol. The summed E-state index contributed by atoms with van der Waals surface area (Å²) in [5.41, 5.74) is 12.9. The summed E-state index contributed by atoms with van der Waals surface area (Å²) >= 11 is 0. The second-order valence-corrected chi connectivity index (χ2v) is 6.03. The van der Waals surface area contributed by atoms with Crippen molar-refractivity contribution >= 4 is 0 Å². The SMILES string of the molecule is Cc1cc(C)c(C)c(C(N)C2(CO)CCC2)c1C. The Bertz CT molecular complexity index is 429. The maximum absolute atomic E-state index is 9.71. The third-order valence-corrected chi connectivity index (χ3v) is 5.06. The summed E-state index contributed by atoms with van der Waals surface area (Å²) in [6, 6.07) is 2.20. The Morgan fingerprint density at radius 2 is 1.67 bits per heavy atom. The molecule has 1 aromatic rings. The van der Waals surface area contributed by atoms with Crippen LogP contribution in [0.15, 0.2) is 6.07 Å². The van der Waals surface area contributed by atoms with Crippen LogP contribution in [0.5, 0.6) is 0 Å². The molecule has 1 aliphatic rings. The molecule has 0 heterocycles. The summed E-state index contributed by atoms with van der Waals surface area (Å²) < 4.78 is 0. The molecule has 0 radical (unpaired) electrons. The number of nitrogens with two attached hydrogens (primary N) is 1. The van der Waals surface area contributed by atoms with E-state index in [-0.39, 0.29) is 18.1 Å². The molecule has 3 N–H and O–H groups in total. The minimum atomic E-state index is -0.0737. The first-order chi connectivity index (χ1) is 8.43. The largest absolute Gasteiger partial charge is 0.396 e. The lowest BCUT2D eigenvalue weighted by molar-refractivity contribution is 0.0180. The fourth-order valence-corrected chi connectivity index (χ4v) is 3.22. The summed E-state index contributed by atoms with van der Waals surface area (Å²) in [5.74, 6) is 0. The van der Waals surface area contributed by atoms with Crippen LogP contribution in [0.2, 0.25) is 0 Å². The van der Waals surface area contributed by atoms with Crippen LogP contribution in [0.4, 0.5) is 0 Å². The lowest BCUT2D eigenvalue weighted by Crippen LogP contribution is -2.44. The van der Waals surface area contributed by atoms with Crippen molar-refractivity contribution in [3.05, 3.63) is 33.9 Å². The summed E-state index contributed by atoms with van der Waals surface area (Å²) in [6.45, 7) is 8.80. The topological polar surface area (TPSA) is 46.2 Å². The van der Waals surface area contributed by atoms with Crippen molar-refractivity contribution < 1.29 is 5.11 Å². The molecule has 1 saturated carbocycles. The van der Waals surface area contributed by atoms with Crippen molar-refractivity contribution in [2.24, 2.45) is 11.1 Å². The highest BCUT2D eigenvalue weighted by Gasteiger charge is 2.43. The van der Waals surface area contributed by atoms with Crippen LogP contribution < -0.4 is 5.73 Å². The minimum Gasteiger partial charge on any atom is -0.396 e. The predicted octanol–water partition coefficient (Wildman–Crippen LogP) is 3.08. The van der Waals surface area contributed by atoms with Crippen LogP contribution in [0.25, 0.3) is 0 Å². The average Bonchev–Trinajstić information content (AvgIpc) is 2.26. The monoisotopic (exact) mass is 247 g/mol. The summed E-state index contributed by atoms with van der Waals surface area (Å²) in [4.78, 5) is 0. The summed E-state index contributed by atoms with van der Waals surface area (Å²) in [5, 5.41) is 9.71. The first-order valence-corrected chi connectivity index (χ1v) is 6.86. The highest BCUT2D eigenvalue weighted by Crippen LogP contribution is 2.50. The number of hydrogen-bond donors (Lipinski definition) is 2. The molecule has 1 unspecified atom stereocenters. The van der Waals surface area contributed by atoms with Crippen molar-refractivity contribution in [1.82, 2.24) is 0 Å². The van der Waals surface area contributed by atoms with Crippen molar-refractivity contribution in [3.63, 3.8) is 0 Å². The molecule has 0 aliphatic heterocycles. The Morgan fingerprint density at radius 3 is 2.00 bits per heavy atom. The number of benzene rings is 1. The highest BCUT2D eigenvalue weighted by atomic mass is 16.3. The molecule has 0 bridgehead atoms. The fourth-order valence-electron chi connectivity index (χ4n) is 3.22. The Balaban J connectivity index is 2.50. The van der Waals surface area contributed by atoms with Gasteiger partial charge in [-0.05, 0) is 68.4 Å². The minimum absolute atomic E-state index is 0.0325. The zero-order valence-electron chi connectivity index (χ0n) is 12.0. The van der Waals surface area contributed by atoms with Gasteiger partial charge in [0.2, 0.25) is 0 Å². The van der Waals surface area contributed by atoms with Crippen LogP contribution in [0.3, 0.4) is 0 Å². The van der Waals surface area contributed by atoms with Crippen LogP contribution in [-0.4, -0.2) is 11.7 Å². The Kier molecular flexibility index (Phi) is 3.52. The van der Waals surface area contributed by atoms with Gasteiger partial charge in [0, 0.05) is 11.5 Å². The van der Waals surface area contributed by atoms with Gasteiger partial charge in [0.1, 0.15) is 0 Å². The Labute approximate surface area is 110 Å². The molecule has 2 heteroatoms. The Morgan fingerprint density at radius 1 is 1.17 bits per heavy atom. The normalized spacial score (nSPS) is 19.4. The van der Waals surface area contributed by atoms with Gasteiger partial charge in [-0.1, -0.05) is 12.5 Å². The van der Waals surface area contributed by atoms with Gasteiger partial charge < -0.3 is 10.8 Å². The zero-order chi connectivity index (χ0) is 13.5. The summed E-state index contributed by atoms with van der Waals surface area (Å²) in [7, 11) is 0.